The van der Waals surface area contributed by atoms with Crippen LogP contribution >= 0.6 is 0 Å². The van der Waals surface area contributed by atoms with Gasteiger partial charge in [0, 0.05) is 42.3 Å². The van der Waals surface area contributed by atoms with Crippen LogP contribution in [0, 0.1) is 6.92 Å². The third-order valence-electron chi connectivity index (χ3n) is 5.04. The van der Waals surface area contributed by atoms with Gasteiger partial charge in [-0.3, -0.25) is 0 Å². The highest BCUT2D eigenvalue weighted by molar-refractivity contribution is 5.65. The van der Waals surface area contributed by atoms with Crippen molar-refractivity contribution in [1.29, 1.82) is 0 Å². The summed E-state index contributed by atoms with van der Waals surface area (Å²) in [6.45, 7) is 4.19. The van der Waals surface area contributed by atoms with Crippen LogP contribution in [0.1, 0.15) is 25.1 Å². The number of anilines is 5. The summed E-state index contributed by atoms with van der Waals surface area (Å²) < 4.78 is 5.28. The Bertz CT molecular complexity index is 952. The van der Waals surface area contributed by atoms with Crippen LogP contribution in [-0.2, 0) is 0 Å². The van der Waals surface area contributed by atoms with E-state index >= 15 is 0 Å². The third-order valence-corrected chi connectivity index (χ3v) is 5.04. The van der Waals surface area contributed by atoms with Crippen molar-refractivity contribution in [3.05, 3.63) is 60.4 Å². The van der Waals surface area contributed by atoms with Gasteiger partial charge in [-0.1, -0.05) is 6.07 Å². The summed E-state index contributed by atoms with van der Waals surface area (Å²) in [5, 5.41) is 6.71. The van der Waals surface area contributed by atoms with Crippen LogP contribution in [-0.4, -0.2) is 30.2 Å². The van der Waals surface area contributed by atoms with Gasteiger partial charge in [0.1, 0.15) is 23.2 Å². The molecule has 0 unspecified atom stereocenters. The predicted molar refractivity (Wildman–Crippen MR) is 119 cm³/mol. The topological polar surface area (TPSA) is 62.3 Å². The number of hydrogen-bond donors (Lipinski definition) is 2. The minimum Gasteiger partial charge on any atom is -0.497 e. The number of nitrogens with one attached hydrogen (secondary N) is 2. The monoisotopic (exact) mass is 389 g/mol. The number of rotatable bonds is 6. The average molecular weight is 390 g/mol. The second kappa shape index (κ2) is 8.82. The minimum atomic E-state index is 0.699. The van der Waals surface area contributed by atoms with E-state index in [1.807, 2.05) is 37.3 Å². The van der Waals surface area contributed by atoms with Gasteiger partial charge in [-0.2, -0.15) is 0 Å². The van der Waals surface area contributed by atoms with Crippen molar-refractivity contribution in [2.75, 3.05) is 35.7 Å². The van der Waals surface area contributed by atoms with E-state index in [-0.39, 0.29) is 0 Å². The number of ether oxygens (including phenoxy) is 1. The van der Waals surface area contributed by atoms with Gasteiger partial charge in [0.2, 0.25) is 0 Å². The first-order valence-corrected chi connectivity index (χ1v) is 10.1. The molecule has 1 fully saturated rings. The molecule has 0 bridgehead atoms. The lowest BCUT2D eigenvalue weighted by Gasteiger charge is -2.28. The smallest absolute Gasteiger partial charge is 0.136 e. The Hall–Kier alpha value is -3.28. The molecule has 0 amide bonds. The Kier molecular flexibility index (Phi) is 5.79. The lowest BCUT2D eigenvalue weighted by Crippen LogP contribution is -2.29. The Morgan fingerprint density at radius 1 is 0.828 bits per heavy atom. The number of benzene rings is 2. The van der Waals surface area contributed by atoms with Crippen LogP contribution in [0.4, 0.5) is 28.7 Å². The molecule has 150 valence electrons. The Labute approximate surface area is 172 Å². The largest absolute Gasteiger partial charge is 0.497 e. The van der Waals surface area contributed by atoms with Crippen molar-refractivity contribution >= 4 is 28.7 Å². The van der Waals surface area contributed by atoms with E-state index in [2.05, 4.69) is 49.8 Å². The van der Waals surface area contributed by atoms with Gasteiger partial charge in [-0.15, -0.1) is 0 Å². The van der Waals surface area contributed by atoms with Crippen molar-refractivity contribution in [3.63, 3.8) is 0 Å². The van der Waals surface area contributed by atoms with Crippen molar-refractivity contribution in [1.82, 2.24) is 9.97 Å². The molecule has 1 aliphatic rings. The second-order valence-corrected chi connectivity index (χ2v) is 7.26. The molecule has 29 heavy (non-hydrogen) atoms. The molecule has 1 saturated heterocycles. The van der Waals surface area contributed by atoms with Gasteiger partial charge in [-0.05, 0) is 62.6 Å². The number of nitrogens with zero attached hydrogens (tertiary/aromatic N) is 3. The highest BCUT2D eigenvalue weighted by Gasteiger charge is 2.11. The first kappa shape index (κ1) is 19.1. The molecular formula is C23H27N5O. The normalized spacial score (nSPS) is 13.8. The Morgan fingerprint density at radius 2 is 1.52 bits per heavy atom. The van der Waals surface area contributed by atoms with E-state index in [0.29, 0.717) is 5.82 Å². The molecule has 0 aliphatic carbocycles. The molecule has 4 rings (SSSR count). The molecule has 1 aliphatic heterocycles. The summed E-state index contributed by atoms with van der Waals surface area (Å²) >= 11 is 0. The van der Waals surface area contributed by atoms with Crippen LogP contribution in [0.5, 0.6) is 5.75 Å². The molecule has 2 N–H and O–H groups in total. The summed E-state index contributed by atoms with van der Waals surface area (Å²) in [4.78, 5) is 11.5. The first-order valence-electron chi connectivity index (χ1n) is 10.1. The first-order chi connectivity index (χ1) is 14.2. The molecule has 6 nitrogen and oxygen atoms in total. The Morgan fingerprint density at radius 3 is 2.21 bits per heavy atom. The summed E-state index contributed by atoms with van der Waals surface area (Å²) in [6, 6.07) is 18.2. The molecule has 0 spiro atoms. The number of hydrogen-bond acceptors (Lipinski definition) is 6. The molecule has 6 heteroatoms. The number of methoxy groups -OCH3 is 1. The van der Waals surface area contributed by atoms with Gasteiger partial charge in [-0.25, -0.2) is 9.97 Å². The van der Waals surface area contributed by atoms with Crippen LogP contribution in [0.25, 0.3) is 0 Å². The Balaban J connectivity index is 1.47. The predicted octanol–water partition coefficient (Wildman–Crippen LogP) is 5.27. The molecule has 2 aromatic carbocycles. The van der Waals surface area contributed by atoms with Crippen molar-refractivity contribution in [2.24, 2.45) is 0 Å². The standard InChI is InChI=1S/C23H27N5O/c1-17-24-22(16-23(25-17)27-19-7-6-8-21(15-19)29-2)26-18-9-11-20(12-10-18)28-13-4-3-5-14-28/h6-12,15-16H,3-5,13-14H2,1-2H3,(H2,24,25,26,27). The minimum absolute atomic E-state index is 0.699. The van der Waals surface area contributed by atoms with Gasteiger partial charge in [0.05, 0.1) is 7.11 Å². The maximum atomic E-state index is 5.28. The summed E-state index contributed by atoms with van der Waals surface area (Å²) in [6.07, 6.45) is 3.90. The highest BCUT2D eigenvalue weighted by atomic mass is 16.5. The van der Waals surface area contributed by atoms with Crippen molar-refractivity contribution in [2.45, 2.75) is 26.2 Å². The summed E-state index contributed by atoms with van der Waals surface area (Å²) in [5.41, 5.74) is 3.21. The average Bonchev–Trinajstić information content (AvgIpc) is 2.75. The molecule has 0 saturated carbocycles. The molecule has 0 radical (unpaired) electrons. The zero-order valence-corrected chi connectivity index (χ0v) is 17.0. The maximum absolute atomic E-state index is 5.28. The van der Waals surface area contributed by atoms with Gasteiger partial charge in [0.25, 0.3) is 0 Å². The van der Waals surface area contributed by atoms with Crippen molar-refractivity contribution in [3.8, 4) is 5.75 Å². The maximum Gasteiger partial charge on any atom is 0.136 e. The van der Waals surface area contributed by atoms with E-state index in [1.54, 1.807) is 7.11 Å². The molecule has 1 aromatic heterocycles. The number of piperidine rings is 1. The van der Waals surface area contributed by atoms with Crippen LogP contribution in [0.3, 0.4) is 0 Å². The zero-order chi connectivity index (χ0) is 20.1. The number of aromatic nitrogens is 2. The van der Waals surface area contributed by atoms with Gasteiger partial charge >= 0.3 is 0 Å². The van der Waals surface area contributed by atoms with E-state index in [1.165, 1.54) is 24.9 Å². The third kappa shape index (κ3) is 4.96. The number of aryl methyl sites for hydroxylation is 1. The summed E-state index contributed by atoms with van der Waals surface area (Å²) in [5.74, 6) is 2.99. The van der Waals surface area contributed by atoms with E-state index < -0.39 is 0 Å². The lowest BCUT2D eigenvalue weighted by molar-refractivity contribution is 0.415. The molecule has 0 atom stereocenters. The van der Waals surface area contributed by atoms with E-state index in [9.17, 15) is 0 Å². The van der Waals surface area contributed by atoms with Crippen LogP contribution in [0.15, 0.2) is 54.6 Å². The molecular weight excluding hydrogens is 362 g/mol. The van der Waals surface area contributed by atoms with Crippen molar-refractivity contribution < 1.29 is 4.74 Å². The van der Waals surface area contributed by atoms with Crippen LogP contribution in [0.2, 0.25) is 0 Å². The van der Waals surface area contributed by atoms with E-state index in [4.69, 9.17) is 4.74 Å². The second-order valence-electron chi connectivity index (χ2n) is 7.26. The lowest BCUT2D eigenvalue weighted by atomic mass is 10.1. The quantitative estimate of drug-likeness (QED) is 0.599. The zero-order valence-electron chi connectivity index (χ0n) is 17.0. The molecule has 2 heterocycles. The fraction of sp³-hybridized carbons (Fsp3) is 0.304. The fourth-order valence-electron chi connectivity index (χ4n) is 3.60. The van der Waals surface area contributed by atoms with Crippen LogP contribution < -0.4 is 20.3 Å². The van der Waals surface area contributed by atoms with E-state index in [0.717, 1.165) is 41.8 Å². The van der Waals surface area contributed by atoms with Gasteiger partial charge in [0.15, 0.2) is 0 Å². The molecule has 3 aromatic rings. The summed E-state index contributed by atoms with van der Waals surface area (Å²) in [7, 11) is 1.66. The SMILES string of the molecule is COc1cccc(Nc2cc(Nc3ccc(N4CCCCC4)cc3)nc(C)n2)c1. The fourth-order valence-corrected chi connectivity index (χ4v) is 3.60. The van der Waals surface area contributed by atoms with Gasteiger partial charge < -0.3 is 20.3 Å². The highest BCUT2D eigenvalue weighted by Crippen LogP contribution is 2.25.